The summed E-state index contributed by atoms with van der Waals surface area (Å²) in [6, 6.07) is 0. The lowest BCUT2D eigenvalue weighted by Crippen LogP contribution is -2.30. The maximum atomic E-state index is 12.7. The molecular weight excluding hydrogens is 717 g/mol. The first-order valence-electron chi connectivity index (χ1n) is 25.2. The lowest BCUT2D eigenvalue weighted by atomic mass is 10.1. The highest BCUT2D eigenvalue weighted by molar-refractivity contribution is 5.70. The van der Waals surface area contributed by atoms with Crippen molar-refractivity contribution in [3.63, 3.8) is 0 Å². The summed E-state index contributed by atoms with van der Waals surface area (Å²) in [6.07, 6.45) is 59.6. The Morgan fingerprint density at radius 1 is 0.379 bits per heavy atom. The fourth-order valence-electron chi connectivity index (χ4n) is 7.04. The van der Waals surface area contributed by atoms with Crippen LogP contribution in [-0.2, 0) is 23.8 Å². The van der Waals surface area contributed by atoms with Gasteiger partial charge in [0.15, 0.2) is 6.10 Å². The predicted molar refractivity (Wildman–Crippen MR) is 251 cm³/mol. The van der Waals surface area contributed by atoms with E-state index >= 15 is 0 Å². The second-order valence-corrected chi connectivity index (χ2v) is 16.7. The van der Waals surface area contributed by atoms with Gasteiger partial charge in [0.2, 0.25) is 0 Å². The molecule has 0 radical (unpaired) electrons. The minimum absolute atomic E-state index is 0.0762. The first-order valence-corrected chi connectivity index (χ1v) is 25.2. The number of unbranched alkanes of at least 4 members (excludes halogenated alkanes) is 27. The zero-order valence-electron chi connectivity index (χ0n) is 38.8. The molecular formula is C53H96O5. The highest BCUT2D eigenvalue weighted by Crippen LogP contribution is 2.14. The van der Waals surface area contributed by atoms with Crippen LogP contribution in [0.3, 0.4) is 0 Å². The summed E-state index contributed by atoms with van der Waals surface area (Å²) in [5.74, 6) is -0.412. The molecule has 0 aromatic heterocycles. The smallest absolute Gasteiger partial charge is 0.306 e. The second kappa shape index (κ2) is 49.2. The topological polar surface area (TPSA) is 61.8 Å². The van der Waals surface area contributed by atoms with Crippen molar-refractivity contribution in [1.82, 2.24) is 0 Å². The van der Waals surface area contributed by atoms with Crippen LogP contribution in [0.25, 0.3) is 0 Å². The summed E-state index contributed by atoms with van der Waals surface area (Å²) < 4.78 is 17.4. The first kappa shape index (κ1) is 55.9. The van der Waals surface area contributed by atoms with E-state index in [9.17, 15) is 9.59 Å². The molecule has 338 valence electrons. The van der Waals surface area contributed by atoms with Crippen LogP contribution in [0.2, 0.25) is 0 Å². The molecule has 0 amide bonds. The monoisotopic (exact) mass is 813 g/mol. The van der Waals surface area contributed by atoms with Crippen LogP contribution in [0.15, 0.2) is 48.6 Å². The van der Waals surface area contributed by atoms with Crippen LogP contribution < -0.4 is 0 Å². The number of hydrogen-bond acceptors (Lipinski definition) is 5. The molecule has 0 aromatic carbocycles. The quantitative estimate of drug-likeness (QED) is 0.0348. The van der Waals surface area contributed by atoms with Crippen molar-refractivity contribution in [3.05, 3.63) is 48.6 Å². The van der Waals surface area contributed by atoms with Crippen molar-refractivity contribution in [1.29, 1.82) is 0 Å². The van der Waals surface area contributed by atoms with Gasteiger partial charge in [0.05, 0.1) is 6.61 Å². The molecule has 5 nitrogen and oxygen atoms in total. The molecule has 0 N–H and O–H groups in total. The van der Waals surface area contributed by atoms with Gasteiger partial charge in [-0.25, -0.2) is 0 Å². The van der Waals surface area contributed by atoms with E-state index < -0.39 is 6.10 Å². The Morgan fingerprint density at radius 3 is 1.17 bits per heavy atom. The SMILES string of the molecule is CCCCC/C=C\C/C=C\CCCCCCCCOCC(COC(=O)CCCCCCC/C=C\C/C=C\CCCCC)OC(=O)CCCCCCCCCCCCC. The number of carbonyl (C=O) groups excluding carboxylic acids is 2. The molecule has 0 aliphatic heterocycles. The lowest BCUT2D eigenvalue weighted by molar-refractivity contribution is -0.163. The third kappa shape index (κ3) is 46.5. The fourth-order valence-corrected chi connectivity index (χ4v) is 7.04. The van der Waals surface area contributed by atoms with Crippen molar-refractivity contribution in [2.24, 2.45) is 0 Å². The van der Waals surface area contributed by atoms with Crippen LogP contribution in [0.4, 0.5) is 0 Å². The molecule has 58 heavy (non-hydrogen) atoms. The van der Waals surface area contributed by atoms with Gasteiger partial charge in [-0.05, 0) is 83.5 Å². The summed E-state index contributed by atoms with van der Waals surface area (Å²) in [5, 5.41) is 0. The molecule has 0 aromatic rings. The molecule has 0 heterocycles. The van der Waals surface area contributed by atoms with E-state index in [1.807, 2.05) is 0 Å². The number of hydrogen-bond donors (Lipinski definition) is 0. The van der Waals surface area contributed by atoms with E-state index in [4.69, 9.17) is 14.2 Å². The van der Waals surface area contributed by atoms with Gasteiger partial charge in [-0.1, -0.05) is 204 Å². The van der Waals surface area contributed by atoms with Gasteiger partial charge in [0.1, 0.15) is 6.61 Å². The second-order valence-electron chi connectivity index (χ2n) is 16.7. The summed E-state index contributed by atoms with van der Waals surface area (Å²) in [6.45, 7) is 7.76. The van der Waals surface area contributed by atoms with Crippen molar-refractivity contribution < 1.29 is 23.8 Å². The van der Waals surface area contributed by atoms with Gasteiger partial charge in [-0.15, -0.1) is 0 Å². The number of rotatable bonds is 46. The Bertz CT molecular complexity index is 966. The minimum Gasteiger partial charge on any atom is -0.462 e. The highest BCUT2D eigenvalue weighted by atomic mass is 16.6. The van der Waals surface area contributed by atoms with E-state index in [2.05, 4.69) is 69.4 Å². The molecule has 0 saturated heterocycles. The molecule has 0 aliphatic carbocycles. The van der Waals surface area contributed by atoms with Crippen LogP contribution in [-0.4, -0.2) is 37.9 Å². The van der Waals surface area contributed by atoms with Crippen molar-refractivity contribution in [3.8, 4) is 0 Å². The lowest BCUT2D eigenvalue weighted by Gasteiger charge is -2.18. The summed E-state index contributed by atoms with van der Waals surface area (Å²) in [5.41, 5.74) is 0. The summed E-state index contributed by atoms with van der Waals surface area (Å²) in [7, 11) is 0. The molecule has 0 fully saturated rings. The average molecular weight is 813 g/mol. The van der Waals surface area contributed by atoms with E-state index in [0.29, 0.717) is 19.4 Å². The summed E-state index contributed by atoms with van der Waals surface area (Å²) >= 11 is 0. The van der Waals surface area contributed by atoms with E-state index in [0.717, 1.165) is 64.2 Å². The Labute approximate surface area is 361 Å². The third-order valence-electron chi connectivity index (χ3n) is 10.8. The van der Waals surface area contributed by atoms with Gasteiger partial charge in [0, 0.05) is 19.4 Å². The fraction of sp³-hybridized carbons (Fsp3) is 0.811. The van der Waals surface area contributed by atoms with Crippen molar-refractivity contribution >= 4 is 11.9 Å². The zero-order chi connectivity index (χ0) is 42.1. The first-order chi connectivity index (χ1) is 28.6. The number of carbonyl (C=O) groups is 2. The largest absolute Gasteiger partial charge is 0.462 e. The molecule has 0 saturated carbocycles. The molecule has 1 atom stereocenters. The molecule has 1 unspecified atom stereocenters. The van der Waals surface area contributed by atoms with Crippen molar-refractivity contribution in [2.45, 2.75) is 258 Å². The summed E-state index contributed by atoms with van der Waals surface area (Å²) in [4.78, 5) is 25.3. The van der Waals surface area contributed by atoms with Gasteiger partial charge in [-0.3, -0.25) is 9.59 Å². The van der Waals surface area contributed by atoms with Crippen LogP contribution in [0.1, 0.15) is 252 Å². The zero-order valence-corrected chi connectivity index (χ0v) is 38.8. The van der Waals surface area contributed by atoms with Gasteiger partial charge < -0.3 is 14.2 Å². The van der Waals surface area contributed by atoms with Gasteiger partial charge in [0.25, 0.3) is 0 Å². The minimum atomic E-state index is -0.543. The van der Waals surface area contributed by atoms with Crippen LogP contribution >= 0.6 is 0 Å². The van der Waals surface area contributed by atoms with Crippen LogP contribution in [0, 0.1) is 0 Å². The molecule has 0 bridgehead atoms. The standard InChI is InChI=1S/C53H96O5/c1-4-7-10-13-16-19-22-24-26-28-30-33-36-39-42-45-48-56-49-51(58-53(55)47-44-41-38-35-31-21-18-15-12-9-6-3)50-57-52(54)46-43-40-37-34-32-29-27-25-23-20-17-14-11-8-5-2/h16-17,19-20,24-27,51H,4-15,18,21-23,28-50H2,1-3H3/b19-16-,20-17-,26-24-,27-25-. The third-order valence-corrected chi connectivity index (χ3v) is 10.8. The van der Waals surface area contributed by atoms with Gasteiger partial charge >= 0.3 is 11.9 Å². The molecule has 0 spiro atoms. The van der Waals surface area contributed by atoms with Crippen LogP contribution in [0.5, 0.6) is 0 Å². The molecule has 0 rings (SSSR count). The van der Waals surface area contributed by atoms with E-state index in [-0.39, 0.29) is 25.2 Å². The Kier molecular flexibility index (Phi) is 47.4. The number of ether oxygens (including phenoxy) is 3. The van der Waals surface area contributed by atoms with Crippen molar-refractivity contribution in [2.75, 3.05) is 19.8 Å². The normalized spacial score (nSPS) is 12.5. The maximum Gasteiger partial charge on any atom is 0.306 e. The molecule has 5 heteroatoms. The highest BCUT2D eigenvalue weighted by Gasteiger charge is 2.17. The Hall–Kier alpha value is -2.14. The molecule has 0 aliphatic rings. The average Bonchev–Trinajstić information content (AvgIpc) is 3.22. The number of esters is 2. The Morgan fingerprint density at radius 2 is 0.724 bits per heavy atom. The van der Waals surface area contributed by atoms with Gasteiger partial charge in [-0.2, -0.15) is 0 Å². The van der Waals surface area contributed by atoms with E-state index in [1.54, 1.807) is 0 Å². The number of allylic oxidation sites excluding steroid dienone is 8. The Balaban J connectivity index is 4.27. The maximum absolute atomic E-state index is 12.7. The van der Waals surface area contributed by atoms with E-state index in [1.165, 1.54) is 154 Å². The predicted octanol–water partition coefficient (Wildman–Crippen LogP) is 16.8.